The number of carbonyl (C=O) groups is 3. The molecule has 3 rings (SSSR count). The van der Waals surface area contributed by atoms with E-state index in [4.69, 9.17) is 16.3 Å². The van der Waals surface area contributed by atoms with E-state index < -0.39 is 0 Å². The van der Waals surface area contributed by atoms with Gasteiger partial charge in [-0.3, -0.25) is 14.4 Å². The highest BCUT2D eigenvalue weighted by Gasteiger charge is 2.37. The molecule has 0 aromatic heterocycles. The maximum atomic E-state index is 13.0. The Morgan fingerprint density at radius 3 is 2.73 bits per heavy atom. The van der Waals surface area contributed by atoms with Gasteiger partial charge in [0.25, 0.3) is 0 Å². The highest BCUT2D eigenvalue weighted by molar-refractivity contribution is 6.30. The minimum atomic E-state index is -0.201. The number of nitrogens with one attached hydrogen (secondary N) is 1. The number of ether oxygens (including phenoxy) is 1. The molecule has 1 aromatic rings. The van der Waals surface area contributed by atoms with Gasteiger partial charge in [-0.25, -0.2) is 0 Å². The molecule has 2 aliphatic rings. The van der Waals surface area contributed by atoms with Crippen LogP contribution in [0.5, 0.6) is 0 Å². The van der Waals surface area contributed by atoms with Gasteiger partial charge in [-0.05, 0) is 30.5 Å². The average Bonchev–Trinajstić information content (AvgIpc) is 2.72. The molecule has 1 aliphatic carbocycles. The van der Waals surface area contributed by atoms with Gasteiger partial charge in [-0.1, -0.05) is 36.6 Å². The zero-order valence-electron chi connectivity index (χ0n) is 17.4. The van der Waals surface area contributed by atoms with E-state index in [1.165, 1.54) is 7.11 Å². The second-order valence-corrected chi connectivity index (χ2v) is 8.39. The van der Waals surface area contributed by atoms with Gasteiger partial charge < -0.3 is 19.9 Å². The second kappa shape index (κ2) is 10.8. The van der Waals surface area contributed by atoms with Gasteiger partial charge >= 0.3 is 0 Å². The summed E-state index contributed by atoms with van der Waals surface area (Å²) in [5.74, 6) is -0.413. The van der Waals surface area contributed by atoms with Crippen molar-refractivity contribution < 1.29 is 19.1 Å². The number of hydrogen-bond acceptors (Lipinski definition) is 4. The molecule has 2 fully saturated rings. The Morgan fingerprint density at radius 2 is 1.97 bits per heavy atom. The van der Waals surface area contributed by atoms with Gasteiger partial charge in [-0.15, -0.1) is 0 Å². The monoisotopic (exact) mass is 435 g/mol. The SMILES string of the molecule is COCC(=O)N1CCN(C(=O)Cc2cccc(Cl)c2)CCNC(=O)C2CCCCC21. The molecule has 1 saturated heterocycles. The summed E-state index contributed by atoms with van der Waals surface area (Å²) in [6.45, 7) is 1.62. The van der Waals surface area contributed by atoms with Gasteiger partial charge in [0.2, 0.25) is 17.7 Å². The van der Waals surface area contributed by atoms with Crippen LogP contribution in [0.4, 0.5) is 0 Å². The van der Waals surface area contributed by atoms with Crippen LogP contribution < -0.4 is 5.32 Å². The lowest BCUT2D eigenvalue weighted by molar-refractivity contribution is -0.144. The van der Waals surface area contributed by atoms with E-state index in [0.29, 0.717) is 31.2 Å². The van der Waals surface area contributed by atoms with Gasteiger partial charge in [-0.2, -0.15) is 0 Å². The number of nitrogens with zero attached hydrogens (tertiary/aromatic N) is 2. The van der Waals surface area contributed by atoms with Crippen molar-refractivity contribution in [3.63, 3.8) is 0 Å². The fraction of sp³-hybridized carbons (Fsp3) is 0.591. The fourth-order valence-electron chi connectivity index (χ4n) is 4.44. The fourth-order valence-corrected chi connectivity index (χ4v) is 4.65. The van der Waals surface area contributed by atoms with Gasteiger partial charge in [0.15, 0.2) is 0 Å². The van der Waals surface area contributed by atoms with Crippen LogP contribution in [0.2, 0.25) is 5.02 Å². The third-order valence-corrected chi connectivity index (χ3v) is 6.18. The first kappa shape index (κ1) is 22.6. The molecule has 2 atom stereocenters. The first-order chi connectivity index (χ1) is 14.5. The molecule has 1 saturated carbocycles. The summed E-state index contributed by atoms with van der Waals surface area (Å²) in [6.07, 6.45) is 3.79. The summed E-state index contributed by atoms with van der Waals surface area (Å²) in [5.41, 5.74) is 0.841. The third kappa shape index (κ3) is 5.73. The van der Waals surface area contributed by atoms with Crippen LogP contribution in [-0.2, 0) is 25.5 Å². The molecule has 30 heavy (non-hydrogen) atoms. The number of halogens is 1. The van der Waals surface area contributed by atoms with Crippen LogP contribution in [0.15, 0.2) is 24.3 Å². The van der Waals surface area contributed by atoms with E-state index >= 15 is 0 Å². The first-order valence-electron chi connectivity index (χ1n) is 10.6. The molecule has 7 nitrogen and oxygen atoms in total. The number of fused-ring (bicyclic) bond motifs is 1. The molecule has 0 bridgehead atoms. The van der Waals surface area contributed by atoms with Crippen LogP contribution in [0, 0.1) is 5.92 Å². The Hall–Kier alpha value is -2.12. The second-order valence-electron chi connectivity index (χ2n) is 7.96. The summed E-state index contributed by atoms with van der Waals surface area (Å²) in [5, 5.41) is 3.57. The first-order valence-corrected chi connectivity index (χ1v) is 11.0. The number of carbonyl (C=O) groups excluding carboxylic acids is 3. The van der Waals surface area contributed by atoms with Crippen molar-refractivity contribution in [2.45, 2.75) is 38.1 Å². The average molecular weight is 436 g/mol. The number of benzene rings is 1. The van der Waals surface area contributed by atoms with Crippen molar-refractivity contribution in [3.05, 3.63) is 34.9 Å². The van der Waals surface area contributed by atoms with Crippen LogP contribution in [-0.4, -0.2) is 73.5 Å². The summed E-state index contributed by atoms with van der Waals surface area (Å²) >= 11 is 6.04. The minimum absolute atomic E-state index is 0.0265. The zero-order valence-corrected chi connectivity index (χ0v) is 18.2. The lowest BCUT2D eigenvalue weighted by Gasteiger charge is -2.41. The molecule has 1 aromatic carbocycles. The van der Waals surface area contributed by atoms with E-state index in [0.717, 1.165) is 31.2 Å². The summed E-state index contributed by atoms with van der Waals surface area (Å²) in [7, 11) is 1.49. The Kier molecular flexibility index (Phi) is 8.10. The van der Waals surface area contributed by atoms with Crippen molar-refractivity contribution in [2.24, 2.45) is 5.92 Å². The van der Waals surface area contributed by atoms with Crippen LogP contribution in [0.25, 0.3) is 0 Å². The molecule has 8 heteroatoms. The lowest BCUT2D eigenvalue weighted by Crippen LogP contribution is -2.56. The molecule has 164 valence electrons. The van der Waals surface area contributed by atoms with E-state index in [9.17, 15) is 14.4 Å². The Morgan fingerprint density at radius 1 is 1.17 bits per heavy atom. The number of rotatable bonds is 4. The molecule has 1 N–H and O–H groups in total. The molecular formula is C22H30ClN3O4. The quantitative estimate of drug-likeness (QED) is 0.783. The highest BCUT2D eigenvalue weighted by Crippen LogP contribution is 2.29. The largest absolute Gasteiger partial charge is 0.375 e. The maximum Gasteiger partial charge on any atom is 0.248 e. The Bertz CT molecular complexity index is 773. The highest BCUT2D eigenvalue weighted by atomic mass is 35.5. The third-order valence-electron chi connectivity index (χ3n) is 5.94. The predicted molar refractivity (Wildman–Crippen MR) is 114 cm³/mol. The number of amides is 3. The molecular weight excluding hydrogens is 406 g/mol. The smallest absolute Gasteiger partial charge is 0.248 e. The van der Waals surface area contributed by atoms with E-state index in [2.05, 4.69) is 5.32 Å². The Labute approximate surface area is 182 Å². The molecule has 1 heterocycles. The maximum absolute atomic E-state index is 13.0. The van der Waals surface area contributed by atoms with Crippen molar-refractivity contribution >= 4 is 29.3 Å². The molecule has 0 spiro atoms. The lowest BCUT2D eigenvalue weighted by atomic mass is 9.82. The molecule has 3 amide bonds. The summed E-state index contributed by atoms with van der Waals surface area (Å²) < 4.78 is 5.07. The Balaban J connectivity index is 1.76. The van der Waals surface area contributed by atoms with Crippen LogP contribution in [0.3, 0.4) is 0 Å². The standard InChI is InChI=1S/C22H30ClN3O4/c1-30-15-21(28)26-12-11-25(20(27)14-16-5-4-6-17(23)13-16)10-9-24-22(29)18-7-2-3-8-19(18)26/h4-6,13,18-19H,2-3,7-12,14-15H2,1H3,(H,24,29). The summed E-state index contributed by atoms with van der Waals surface area (Å²) in [6, 6.07) is 7.10. The molecule has 0 radical (unpaired) electrons. The van der Waals surface area contributed by atoms with E-state index in [1.54, 1.807) is 21.9 Å². The van der Waals surface area contributed by atoms with Gasteiger partial charge in [0.1, 0.15) is 6.61 Å². The normalized spacial score (nSPS) is 22.8. The van der Waals surface area contributed by atoms with E-state index in [1.807, 2.05) is 12.1 Å². The van der Waals surface area contributed by atoms with Crippen molar-refractivity contribution in [1.29, 1.82) is 0 Å². The van der Waals surface area contributed by atoms with Gasteiger partial charge in [0.05, 0.1) is 12.3 Å². The molecule has 2 unspecified atom stereocenters. The van der Waals surface area contributed by atoms with Crippen LogP contribution >= 0.6 is 11.6 Å². The predicted octanol–water partition coefficient (Wildman–Crippen LogP) is 1.87. The summed E-state index contributed by atoms with van der Waals surface area (Å²) in [4.78, 5) is 42.0. The van der Waals surface area contributed by atoms with Crippen molar-refractivity contribution in [1.82, 2.24) is 15.1 Å². The number of hydrogen-bond donors (Lipinski definition) is 1. The number of methoxy groups -OCH3 is 1. The van der Waals surface area contributed by atoms with Crippen LogP contribution in [0.1, 0.15) is 31.2 Å². The van der Waals surface area contributed by atoms with Crippen molar-refractivity contribution in [3.8, 4) is 0 Å². The zero-order chi connectivity index (χ0) is 21.5. The van der Waals surface area contributed by atoms with E-state index in [-0.39, 0.29) is 42.7 Å². The van der Waals surface area contributed by atoms with Gasteiger partial charge in [0, 0.05) is 44.4 Å². The minimum Gasteiger partial charge on any atom is -0.375 e. The molecule has 1 aliphatic heterocycles. The van der Waals surface area contributed by atoms with Crippen molar-refractivity contribution in [2.75, 3.05) is 39.9 Å². The topological polar surface area (TPSA) is 79.0 Å².